The van der Waals surface area contributed by atoms with E-state index in [0.717, 1.165) is 29.2 Å². The Hall–Kier alpha value is -3.31. The number of hydrogen-bond acceptors (Lipinski definition) is 5. The Balaban J connectivity index is 1.64. The predicted octanol–water partition coefficient (Wildman–Crippen LogP) is 6.03. The SMILES string of the molecule is CCCCOc1c(Cl)cc(/C=C2\N=C(c3ccc4ccccc4c3)OC2=O)cc1OC. The average molecular weight is 436 g/mol. The lowest BCUT2D eigenvalue weighted by molar-refractivity contribution is -0.129. The predicted molar refractivity (Wildman–Crippen MR) is 123 cm³/mol. The maximum absolute atomic E-state index is 12.4. The fourth-order valence-electron chi connectivity index (χ4n) is 3.29. The molecule has 0 amide bonds. The number of cyclic esters (lactones) is 1. The van der Waals surface area contributed by atoms with Gasteiger partial charge in [-0.2, -0.15) is 0 Å². The molecule has 0 radical (unpaired) electrons. The third-order valence-electron chi connectivity index (χ3n) is 4.92. The van der Waals surface area contributed by atoms with E-state index in [4.69, 9.17) is 25.8 Å². The van der Waals surface area contributed by atoms with Crippen LogP contribution in [-0.2, 0) is 9.53 Å². The van der Waals surface area contributed by atoms with Gasteiger partial charge < -0.3 is 14.2 Å². The molecule has 6 heteroatoms. The summed E-state index contributed by atoms with van der Waals surface area (Å²) in [6, 6.07) is 17.3. The van der Waals surface area contributed by atoms with Crippen molar-refractivity contribution < 1.29 is 19.0 Å². The van der Waals surface area contributed by atoms with E-state index in [-0.39, 0.29) is 11.6 Å². The highest BCUT2D eigenvalue weighted by Crippen LogP contribution is 2.37. The summed E-state index contributed by atoms with van der Waals surface area (Å²) in [4.78, 5) is 16.8. The van der Waals surface area contributed by atoms with E-state index in [9.17, 15) is 4.79 Å². The lowest BCUT2D eigenvalue weighted by Gasteiger charge is -2.13. The lowest BCUT2D eigenvalue weighted by Crippen LogP contribution is -2.05. The number of ether oxygens (including phenoxy) is 3. The molecule has 0 aromatic heterocycles. The smallest absolute Gasteiger partial charge is 0.363 e. The van der Waals surface area contributed by atoms with Gasteiger partial charge in [-0.05, 0) is 53.1 Å². The molecule has 158 valence electrons. The lowest BCUT2D eigenvalue weighted by atomic mass is 10.1. The van der Waals surface area contributed by atoms with Crippen LogP contribution in [0.1, 0.15) is 30.9 Å². The van der Waals surface area contributed by atoms with Crippen LogP contribution in [0.5, 0.6) is 11.5 Å². The molecule has 0 fully saturated rings. The highest BCUT2D eigenvalue weighted by atomic mass is 35.5. The standard InChI is InChI=1S/C25H22ClNO4/c1-3-4-11-30-23-20(26)12-16(14-22(23)29-2)13-21-25(28)31-24(27-21)19-10-9-17-7-5-6-8-18(17)15-19/h5-10,12-15H,3-4,11H2,1-2H3/b21-13-. The minimum Gasteiger partial charge on any atom is -0.493 e. The van der Waals surface area contributed by atoms with E-state index in [1.807, 2.05) is 42.5 Å². The minimum atomic E-state index is -0.512. The number of nitrogens with zero attached hydrogens (tertiary/aromatic N) is 1. The Labute approximate surface area is 185 Å². The molecule has 0 saturated heterocycles. The molecule has 0 atom stereocenters. The molecule has 0 spiro atoms. The second-order valence-corrected chi connectivity index (χ2v) is 7.54. The number of esters is 1. The van der Waals surface area contributed by atoms with Gasteiger partial charge in [0.25, 0.3) is 0 Å². The van der Waals surface area contributed by atoms with Gasteiger partial charge >= 0.3 is 5.97 Å². The van der Waals surface area contributed by atoms with Crippen LogP contribution in [0.25, 0.3) is 16.8 Å². The Morgan fingerprint density at radius 2 is 1.90 bits per heavy atom. The maximum atomic E-state index is 12.4. The van der Waals surface area contributed by atoms with Crippen molar-refractivity contribution in [3.8, 4) is 11.5 Å². The van der Waals surface area contributed by atoms with Crippen LogP contribution in [0.3, 0.4) is 0 Å². The third-order valence-corrected chi connectivity index (χ3v) is 5.20. The molecule has 0 bridgehead atoms. The molecule has 4 rings (SSSR count). The summed E-state index contributed by atoms with van der Waals surface area (Å²) in [5, 5.41) is 2.56. The molecular weight excluding hydrogens is 414 g/mol. The van der Waals surface area contributed by atoms with Crippen LogP contribution in [0.2, 0.25) is 5.02 Å². The third kappa shape index (κ3) is 4.57. The number of hydrogen-bond donors (Lipinski definition) is 0. The number of carbonyl (C=O) groups excluding carboxylic acids is 1. The van der Waals surface area contributed by atoms with Crippen molar-refractivity contribution in [3.05, 3.63) is 76.4 Å². The first kappa shape index (κ1) is 20.9. The monoisotopic (exact) mass is 435 g/mol. The number of benzene rings is 3. The molecule has 3 aromatic rings. The fourth-order valence-corrected chi connectivity index (χ4v) is 3.57. The number of unbranched alkanes of at least 4 members (excludes halogenated alkanes) is 1. The first-order valence-electron chi connectivity index (χ1n) is 10.1. The van der Waals surface area contributed by atoms with Crippen molar-refractivity contribution in [1.29, 1.82) is 0 Å². The van der Waals surface area contributed by atoms with Crippen molar-refractivity contribution in [1.82, 2.24) is 0 Å². The number of halogens is 1. The molecule has 5 nitrogen and oxygen atoms in total. The average Bonchev–Trinajstić information content (AvgIpc) is 3.14. The molecule has 1 aliphatic heterocycles. The molecule has 3 aromatic carbocycles. The van der Waals surface area contributed by atoms with E-state index < -0.39 is 5.97 Å². The van der Waals surface area contributed by atoms with Gasteiger partial charge in [0, 0.05) is 5.56 Å². The van der Waals surface area contributed by atoms with Gasteiger partial charge in [0.1, 0.15) is 0 Å². The van der Waals surface area contributed by atoms with Crippen LogP contribution >= 0.6 is 11.6 Å². The molecule has 0 saturated carbocycles. The summed E-state index contributed by atoms with van der Waals surface area (Å²) in [5.74, 6) is 0.760. The molecular formula is C25H22ClNO4. The van der Waals surface area contributed by atoms with Crippen molar-refractivity contribution in [3.63, 3.8) is 0 Å². The largest absolute Gasteiger partial charge is 0.493 e. The van der Waals surface area contributed by atoms with E-state index in [2.05, 4.69) is 11.9 Å². The number of fused-ring (bicyclic) bond motifs is 1. The Bertz CT molecular complexity index is 1200. The highest BCUT2D eigenvalue weighted by molar-refractivity contribution is 6.32. The Kier molecular flexibility index (Phi) is 6.23. The van der Waals surface area contributed by atoms with Gasteiger partial charge in [0.2, 0.25) is 5.90 Å². The van der Waals surface area contributed by atoms with Crippen molar-refractivity contribution in [2.45, 2.75) is 19.8 Å². The molecule has 1 heterocycles. The van der Waals surface area contributed by atoms with E-state index in [1.165, 1.54) is 0 Å². The van der Waals surface area contributed by atoms with Gasteiger partial charge in [0.05, 0.1) is 18.7 Å². The van der Waals surface area contributed by atoms with Crippen LogP contribution in [0.4, 0.5) is 0 Å². The summed E-state index contributed by atoms with van der Waals surface area (Å²) < 4.78 is 16.6. The van der Waals surface area contributed by atoms with Gasteiger partial charge in [-0.25, -0.2) is 9.79 Å². The number of methoxy groups -OCH3 is 1. The van der Waals surface area contributed by atoms with Crippen LogP contribution in [0, 0.1) is 0 Å². The number of carbonyl (C=O) groups is 1. The van der Waals surface area contributed by atoms with Crippen molar-refractivity contribution in [2.75, 3.05) is 13.7 Å². The summed E-state index contributed by atoms with van der Waals surface area (Å²) >= 11 is 6.41. The minimum absolute atomic E-state index is 0.195. The molecule has 0 unspecified atom stereocenters. The highest BCUT2D eigenvalue weighted by Gasteiger charge is 2.24. The normalized spacial score (nSPS) is 14.6. The number of rotatable bonds is 7. The molecule has 1 aliphatic rings. The second-order valence-electron chi connectivity index (χ2n) is 7.13. The zero-order valence-electron chi connectivity index (χ0n) is 17.4. The van der Waals surface area contributed by atoms with E-state index in [0.29, 0.717) is 28.7 Å². The van der Waals surface area contributed by atoms with E-state index in [1.54, 1.807) is 25.3 Å². The van der Waals surface area contributed by atoms with E-state index >= 15 is 0 Å². The van der Waals surface area contributed by atoms with Crippen LogP contribution in [-0.4, -0.2) is 25.6 Å². The maximum Gasteiger partial charge on any atom is 0.363 e. The van der Waals surface area contributed by atoms with Crippen molar-refractivity contribution >= 4 is 40.3 Å². The summed E-state index contributed by atoms with van der Waals surface area (Å²) in [6.07, 6.45) is 3.56. The topological polar surface area (TPSA) is 57.1 Å². The zero-order chi connectivity index (χ0) is 21.8. The van der Waals surface area contributed by atoms with Crippen LogP contribution < -0.4 is 9.47 Å². The van der Waals surface area contributed by atoms with Crippen LogP contribution in [0.15, 0.2) is 65.3 Å². The van der Waals surface area contributed by atoms with Gasteiger partial charge in [-0.3, -0.25) is 0 Å². The quantitative estimate of drug-likeness (QED) is 0.258. The van der Waals surface area contributed by atoms with Gasteiger partial charge in [-0.15, -0.1) is 0 Å². The van der Waals surface area contributed by atoms with Gasteiger partial charge in [0.15, 0.2) is 17.2 Å². The summed E-state index contributed by atoms with van der Waals surface area (Å²) in [5.41, 5.74) is 1.60. The Morgan fingerprint density at radius 3 is 2.68 bits per heavy atom. The summed E-state index contributed by atoms with van der Waals surface area (Å²) in [7, 11) is 1.55. The van der Waals surface area contributed by atoms with Crippen molar-refractivity contribution in [2.24, 2.45) is 4.99 Å². The fraction of sp³-hybridized carbons (Fsp3) is 0.200. The first-order chi connectivity index (χ1) is 15.1. The second kappa shape index (κ2) is 9.23. The molecule has 31 heavy (non-hydrogen) atoms. The Morgan fingerprint density at radius 1 is 1.10 bits per heavy atom. The zero-order valence-corrected chi connectivity index (χ0v) is 18.1. The first-order valence-corrected chi connectivity index (χ1v) is 10.5. The molecule has 0 N–H and O–H groups in total. The van der Waals surface area contributed by atoms with Gasteiger partial charge in [-0.1, -0.05) is 55.3 Å². The summed E-state index contributed by atoms with van der Waals surface area (Å²) in [6.45, 7) is 2.64. The number of aliphatic imine (C=N–C) groups is 1. The molecule has 0 aliphatic carbocycles.